The Kier molecular flexibility index (Phi) is 4.09. The van der Waals surface area contributed by atoms with Crippen LogP contribution in [0.4, 0.5) is 0 Å². The Labute approximate surface area is 125 Å². The van der Waals surface area contributed by atoms with Crippen LogP contribution in [0.25, 0.3) is 0 Å². The molecule has 1 N–H and O–H groups in total. The van der Waals surface area contributed by atoms with Gasteiger partial charge in [-0.15, -0.1) is 11.6 Å². The molecule has 1 aliphatic carbocycles. The first-order valence-electron chi connectivity index (χ1n) is 7.17. The number of benzene rings is 2. The zero-order chi connectivity index (χ0) is 13.9. The first-order chi connectivity index (χ1) is 9.75. The number of hydrogen-bond acceptors (Lipinski definition) is 1. The summed E-state index contributed by atoms with van der Waals surface area (Å²) < 4.78 is 0. The topological polar surface area (TPSA) is 20.2 Å². The van der Waals surface area contributed by atoms with E-state index in [4.69, 9.17) is 11.6 Å². The summed E-state index contributed by atoms with van der Waals surface area (Å²) in [6.45, 7) is 0. The molecule has 0 saturated heterocycles. The normalized spacial score (nSPS) is 30.1. The van der Waals surface area contributed by atoms with Crippen molar-refractivity contribution in [3.8, 4) is 0 Å². The predicted octanol–water partition coefficient (Wildman–Crippen LogP) is 4.32. The van der Waals surface area contributed by atoms with Crippen molar-refractivity contribution in [1.82, 2.24) is 0 Å². The maximum Gasteiger partial charge on any atom is 0.0772 e. The molecule has 1 aliphatic rings. The minimum atomic E-state index is -0.459. The van der Waals surface area contributed by atoms with Gasteiger partial charge < -0.3 is 5.11 Å². The average molecular weight is 287 g/mol. The maximum atomic E-state index is 10.4. The lowest BCUT2D eigenvalue weighted by atomic mass is 9.73. The van der Waals surface area contributed by atoms with Gasteiger partial charge in [0.05, 0.1) is 11.5 Å². The number of hydrogen-bond donors (Lipinski definition) is 1. The SMILES string of the molecule is OC1C(Cl)CC(c2ccccc2)CC1c1ccccc1. The van der Waals surface area contributed by atoms with E-state index in [2.05, 4.69) is 36.4 Å². The first-order valence-corrected chi connectivity index (χ1v) is 7.61. The molecule has 0 bridgehead atoms. The molecule has 1 saturated carbocycles. The molecule has 0 heterocycles. The molecule has 2 heteroatoms. The van der Waals surface area contributed by atoms with Crippen molar-refractivity contribution in [2.45, 2.75) is 36.2 Å². The van der Waals surface area contributed by atoms with Gasteiger partial charge in [-0.25, -0.2) is 0 Å². The summed E-state index contributed by atoms with van der Waals surface area (Å²) >= 11 is 6.41. The van der Waals surface area contributed by atoms with Crippen LogP contribution in [0.1, 0.15) is 35.8 Å². The fourth-order valence-corrected chi connectivity index (χ4v) is 3.63. The molecule has 3 rings (SSSR count). The third-order valence-corrected chi connectivity index (χ3v) is 4.77. The standard InChI is InChI=1S/C18H19ClO/c19-17-12-15(13-7-3-1-4-8-13)11-16(18(17)20)14-9-5-2-6-10-14/h1-10,15-18,20H,11-12H2. The summed E-state index contributed by atoms with van der Waals surface area (Å²) in [6.07, 6.45) is 1.34. The molecule has 2 aromatic rings. The number of rotatable bonds is 2. The van der Waals surface area contributed by atoms with Crippen molar-refractivity contribution in [3.05, 3.63) is 71.8 Å². The van der Waals surface area contributed by atoms with Crippen molar-refractivity contribution in [2.75, 3.05) is 0 Å². The molecule has 0 aromatic heterocycles. The van der Waals surface area contributed by atoms with Gasteiger partial charge in [0.2, 0.25) is 0 Å². The van der Waals surface area contributed by atoms with E-state index < -0.39 is 6.10 Å². The summed E-state index contributed by atoms with van der Waals surface area (Å²) in [5.41, 5.74) is 2.51. The van der Waals surface area contributed by atoms with Gasteiger partial charge in [0, 0.05) is 5.92 Å². The highest BCUT2D eigenvalue weighted by atomic mass is 35.5. The second-order valence-corrected chi connectivity index (χ2v) is 6.16. The van der Waals surface area contributed by atoms with Gasteiger partial charge in [0.15, 0.2) is 0 Å². The van der Waals surface area contributed by atoms with E-state index in [1.807, 2.05) is 24.3 Å². The van der Waals surface area contributed by atoms with Crippen LogP contribution in [0.15, 0.2) is 60.7 Å². The van der Waals surface area contributed by atoms with Crippen LogP contribution >= 0.6 is 11.6 Å². The van der Waals surface area contributed by atoms with Gasteiger partial charge in [0.25, 0.3) is 0 Å². The van der Waals surface area contributed by atoms with Gasteiger partial charge in [-0.1, -0.05) is 60.7 Å². The molecule has 20 heavy (non-hydrogen) atoms. The van der Waals surface area contributed by atoms with Crippen LogP contribution in [0.5, 0.6) is 0 Å². The van der Waals surface area contributed by atoms with Crippen LogP contribution in [-0.2, 0) is 0 Å². The molecular formula is C18H19ClO. The van der Waals surface area contributed by atoms with Crippen LogP contribution in [0.2, 0.25) is 0 Å². The third kappa shape index (κ3) is 2.74. The van der Waals surface area contributed by atoms with Gasteiger partial charge >= 0.3 is 0 Å². The monoisotopic (exact) mass is 286 g/mol. The summed E-state index contributed by atoms with van der Waals surface area (Å²) in [5.74, 6) is 0.546. The first kappa shape index (κ1) is 13.7. The Hall–Kier alpha value is -1.31. The summed E-state index contributed by atoms with van der Waals surface area (Å²) in [7, 11) is 0. The van der Waals surface area contributed by atoms with Crippen molar-refractivity contribution >= 4 is 11.6 Å². The number of halogens is 1. The Balaban J connectivity index is 1.87. The van der Waals surface area contributed by atoms with E-state index in [0.717, 1.165) is 12.8 Å². The van der Waals surface area contributed by atoms with Crippen molar-refractivity contribution in [3.63, 3.8) is 0 Å². The van der Waals surface area contributed by atoms with Crippen molar-refractivity contribution < 1.29 is 5.11 Å². The molecular weight excluding hydrogens is 268 g/mol. The molecule has 0 aliphatic heterocycles. The van der Waals surface area contributed by atoms with Gasteiger partial charge in [-0.05, 0) is 29.9 Å². The summed E-state index contributed by atoms with van der Waals surface area (Å²) in [6, 6.07) is 20.7. The lowest BCUT2D eigenvalue weighted by Crippen LogP contribution is -2.35. The quantitative estimate of drug-likeness (QED) is 0.816. The van der Waals surface area contributed by atoms with E-state index in [0.29, 0.717) is 5.92 Å². The fourth-order valence-electron chi connectivity index (χ4n) is 3.24. The van der Waals surface area contributed by atoms with Crippen molar-refractivity contribution in [1.29, 1.82) is 0 Å². The van der Waals surface area contributed by atoms with Crippen LogP contribution in [0, 0.1) is 0 Å². The molecule has 104 valence electrons. The van der Waals surface area contributed by atoms with E-state index in [-0.39, 0.29) is 11.3 Å². The van der Waals surface area contributed by atoms with Crippen LogP contribution in [0.3, 0.4) is 0 Å². The van der Waals surface area contributed by atoms with E-state index >= 15 is 0 Å². The molecule has 0 amide bonds. The second kappa shape index (κ2) is 5.99. The zero-order valence-electron chi connectivity index (χ0n) is 11.3. The van der Waals surface area contributed by atoms with Crippen LogP contribution in [-0.4, -0.2) is 16.6 Å². The largest absolute Gasteiger partial charge is 0.391 e. The fraction of sp³-hybridized carbons (Fsp3) is 0.333. The lowest BCUT2D eigenvalue weighted by molar-refractivity contribution is 0.102. The highest BCUT2D eigenvalue weighted by Gasteiger charge is 2.36. The molecule has 0 radical (unpaired) electrons. The minimum Gasteiger partial charge on any atom is -0.391 e. The summed E-state index contributed by atoms with van der Waals surface area (Å²) in [5, 5.41) is 10.2. The average Bonchev–Trinajstić information content (AvgIpc) is 2.51. The van der Waals surface area contributed by atoms with Gasteiger partial charge in [-0.3, -0.25) is 0 Å². The predicted molar refractivity (Wildman–Crippen MR) is 83.2 cm³/mol. The number of alkyl halides is 1. The zero-order valence-corrected chi connectivity index (χ0v) is 12.1. The minimum absolute atomic E-state index is 0.123. The van der Waals surface area contributed by atoms with E-state index in [1.54, 1.807) is 0 Å². The molecule has 1 fully saturated rings. The Morgan fingerprint density at radius 1 is 0.800 bits per heavy atom. The molecule has 2 aromatic carbocycles. The second-order valence-electron chi connectivity index (χ2n) is 5.60. The molecule has 1 nitrogen and oxygen atoms in total. The van der Waals surface area contributed by atoms with Crippen LogP contribution < -0.4 is 0 Å². The number of aliphatic hydroxyl groups excluding tert-OH is 1. The van der Waals surface area contributed by atoms with Crippen molar-refractivity contribution in [2.24, 2.45) is 0 Å². The Bertz CT molecular complexity index is 540. The van der Waals surface area contributed by atoms with Gasteiger partial charge in [-0.2, -0.15) is 0 Å². The third-order valence-electron chi connectivity index (χ3n) is 4.33. The summed E-state index contributed by atoms with van der Waals surface area (Å²) in [4.78, 5) is 0. The smallest absolute Gasteiger partial charge is 0.0772 e. The highest BCUT2D eigenvalue weighted by molar-refractivity contribution is 6.21. The lowest BCUT2D eigenvalue weighted by Gasteiger charge is -2.37. The van der Waals surface area contributed by atoms with Gasteiger partial charge in [0.1, 0.15) is 0 Å². The van der Waals surface area contributed by atoms with E-state index in [1.165, 1.54) is 11.1 Å². The molecule has 0 spiro atoms. The number of aliphatic hydroxyl groups is 1. The maximum absolute atomic E-state index is 10.4. The highest BCUT2D eigenvalue weighted by Crippen LogP contribution is 2.43. The molecule has 4 atom stereocenters. The Morgan fingerprint density at radius 2 is 1.35 bits per heavy atom. The molecule has 4 unspecified atom stereocenters. The Morgan fingerprint density at radius 3 is 1.95 bits per heavy atom. The van der Waals surface area contributed by atoms with E-state index in [9.17, 15) is 5.11 Å².